The normalized spacial score (nSPS) is 11.1. The molecule has 0 aromatic heterocycles. The largest absolute Gasteiger partial charge is 0.352 e. The van der Waals surface area contributed by atoms with Gasteiger partial charge in [-0.3, -0.25) is 9.36 Å². The first kappa shape index (κ1) is 15.1. The third-order valence-corrected chi connectivity index (χ3v) is 3.99. The second-order valence-corrected chi connectivity index (χ2v) is 5.39. The van der Waals surface area contributed by atoms with Crippen molar-refractivity contribution in [3.8, 4) is 22.8 Å². The Kier molecular flexibility index (Phi) is 3.82. The number of rotatable bonds is 3. The molecular formula is C17H18N4O2. The molecule has 2 aliphatic heterocycles. The predicted octanol–water partition coefficient (Wildman–Crippen LogP) is 1.69. The molecular weight excluding hydrogens is 292 g/mol. The molecule has 2 heterocycles. The Morgan fingerprint density at radius 1 is 1.04 bits per heavy atom. The van der Waals surface area contributed by atoms with Gasteiger partial charge in [-0.15, -0.1) is 0 Å². The maximum atomic E-state index is 12.3. The molecule has 0 amide bonds. The number of aromatic nitrogens is 4. The highest BCUT2D eigenvalue weighted by molar-refractivity contribution is 5.63. The summed E-state index contributed by atoms with van der Waals surface area (Å²) in [5.74, 6) is 0.328. The minimum absolute atomic E-state index is 0.214. The average Bonchev–Trinajstić information content (AvgIpc) is 2.59. The van der Waals surface area contributed by atoms with Crippen molar-refractivity contribution in [3.05, 3.63) is 56.9 Å². The summed E-state index contributed by atoms with van der Waals surface area (Å²) in [6.45, 7) is 4.63. The predicted molar refractivity (Wildman–Crippen MR) is 88.6 cm³/mol. The Hall–Kier alpha value is -2.76. The lowest BCUT2D eigenvalue weighted by molar-refractivity contribution is 0.698. The lowest BCUT2D eigenvalue weighted by Gasteiger charge is -2.14. The van der Waals surface area contributed by atoms with Crippen LogP contribution in [0, 0.1) is 0 Å². The lowest BCUT2D eigenvalue weighted by Crippen LogP contribution is -2.36. The van der Waals surface area contributed by atoms with Crippen molar-refractivity contribution in [2.24, 2.45) is 7.05 Å². The third kappa shape index (κ3) is 2.56. The van der Waals surface area contributed by atoms with Crippen LogP contribution < -0.4 is 11.2 Å². The van der Waals surface area contributed by atoms with E-state index in [4.69, 9.17) is 0 Å². The smallest absolute Gasteiger partial charge is 0.329 e. The Balaban J connectivity index is 2.28. The molecule has 0 atom stereocenters. The van der Waals surface area contributed by atoms with Crippen LogP contribution in [-0.4, -0.2) is 19.1 Å². The van der Waals surface area contributed by atoms with E-state index < -0.39 is 11.2 Å². The maximum absolute atomic E-state index is 12.3. The molecule has 0 fully saturated rings. The third-order valence-electron chi connectivity index (χ3n) is 3.99. The highest BCUT2D eigenvalue weighted by Crippen LogP contribution is 2.22. The van der Waals surface area contributed by atoms with Crippen molar-refractivity contribution >= 4 is 0 Å². The van der Waals surface area contributed by atoms with Crippen LogP contribution >= 0.6 is 0 Å². The first-order valence-electron chi connectivity index (χ1n) is 7.62. The van der Waals surface area contributed by atoms with E-state index in [-0.39, 0.29) is 5.69 Å². The second kappa shape index (κ2) is 5.79. The molecule has 0 radical (unpaired) electrons. The molecule has 23 heavy (non-hydrogen) atoms. The van der Waals surface area contributed by atoms with Crippen molar-refractivity contribution in [2.75, 3.05) is 0 Å². The standard InChI is InChI=1S/C17H18N4O2/c1-4-11-6-8-12(9-7-11)13-10-21(5-2)15-14(18-13)16(22)20(3)17(23)19-15/h6-10H,4-5H2,1-3H3. The van der Waals surface area contributed by atoms with Crippen LogP contribution in [0.2, 0.25) is 0 Å². The van der Waals surface area contributed by atoms with E-state index in [1.54, 1.807) is 4.57 Å². The van der Waals surface area contributed by atoms with Gasteiger partial charge in [0, 0.05) is 25.4 Å². The molecule has 0 bridgehead atoms. The molecule has 2 aliphatic rings. The van der Waals surface area contributed by atoms with Crippen LogP contribution in [-0.2, 0) is 20.0 Å². The highest BCUT2D eigenvalue weighted by Gasteiger charge is 2.18. The summed E-state index contributed by atoms with van der Waals surface area (Å²) in [6, 6.07) is 8.09. The lowest BCUT2D eigenvalue weighted by atomic mass is 10.1. The van der Waals surface area contributed by atoms with E-state index in [0.29, 0.717) is 18.1 Å². The van der Waals surface area contributed by atoms with Crippen LogP contribution in [0.25, 0.3) is 22.8 Å². The summed E-state index contributed by atoms with van der Waals surface area (Å²) < 4.78 is 2.77. The van der Waals surface area contributed by atoms with Crippen LogP contribution in [0.5, 0.6) is 0 Å². The topological polar surface area (TPSA) is 69.8 Å². The first-order valence-corrected chi connectivity index (χ1v) is 7.62. The number of aryl methyl sites for hydroxylation is 2. The van der Waals surface area contributed by atoms with Gasteiger partial charge in [0.05, 0.1) is 5.69 Å². The van der Waals surface area contributed by atoms with Gasteiger partial charge in [0.2, 0.25) is 0 Å². The number of hydrogen-bond acceptors (Lipinski definition) is 4. The van der Waals surface area contributed by atoms with Gasteiger partial charge in [0.15, 0.2) is 11.5 Å². The van der Waals surface area contributed by atoms with Gasteiger partial charge in [0.1, 0.15) is 0 Å². The minimum atomic E-state index is -0.563. The summed E-state index contributed by atoms with van der Waals surface area (Å²) in [5.41, 5.74) is 2.09. The average molecular weight is 310 g/mol. The van der Waals surface area contributed by atoms with Gasteiger partial charge in [-0.2, -0.15) is 4.98 Å². The Morgan fingerprint density at radius 3 is 2.35 bits per heavy atom. The van der Waals surface area contributed by atoms with Crippen LogP contribution in [0.15, 0.2) is 40.1 Å². The monoisotopic (exact) mass is 310 g/mol. The van der Waals surface area contributed by atoms with Crippen molar-refractivity contribution < 1.29 is 0 Å². The molecule has 0 saturated heterocycles. The molecule has 6 nitrogen and oxygen atoms in total. The molecule has 0 saturated carbocycles. The van der Waals surface area contributed by atoms with E-state index in [0.717, 1.165) is 16.6 Å². The zero-order valence-electron chi connectivity index (χ0n) is 13.4. The van der Waals surface area contributed by atoms with Gasteiger partial charge in [-0.1, -0.05) is 31.2 Å². The molecule has 0 unspecified atom stereocenters. The zero-order chi connectivity index (χ0) is 16.6. The van der Waals surface area contributed by atoms with Crippen LogP contribution in [0.4, 0.5) is 0 Å². The van der Waals surface area contributed by atoms with Gasteiger partial charge in [0.25, 0.3) is 5.56 Å². The minimum Gasteiger partial charge on any atom is -0.329 e. The van der Waals surface area contributed by atoms with Gasteiger partial charge in [-0.05, 0) is 18.9 Å². The number of nitrogens with zero attached hydrogens (tertiary/aromatic N) is 4. The number of hydrogen-bond donors (Lipinski definition) is 0. The van der Waals surface area contributed by atoms with Gasteiger partial charge >= 0.3 is 5.69 Å². The summed E-state index contributed by atoms with van der Waals surface area (Å²) in [6.07, 6.45) is 2.80. The molecule has 1 aromatic rings. The van der Waals surface area contributed by atoms with Crippen molar-refractivity contribution in [2.45, 2.75) is 26.8 Å². The van der Waals surface area contributed by atoms with Crippen LogP contribution in [0.1, 0.15) is 19.4 Å². The number of benzene rings is 1. The first-order chi connectivity index (χ1) is 11.0. The Labute approximate surface area is 133 Å². The van der Waals surface area contributed by atoms with Gasteiger partial charge in [-0.25, -0.2) is 9.78 Å². The molecule has 0 N–H and O–H groups in total. The summed E-state index contributed by atoms with van der Waals surface area (Å²) in [7, 11) is 1.41. The van der Waals surface area contributed by atoms with Gasteiger partial charge < -0.3 is 4.57 Å². The molecule has 6 heteroatoms. The van der Waals surface area contributed by atoms with Crippen LogP contribution in [0.3, 0.4) is 0 Å². The van der Waals surface area contributed by atoms with Crippen molar-refractivity contribution in [3.63, 3.8) is 0 Å². The molecule has 118 valence electrons. The van der Waals surface area contributed by atoms with Crippen molar-refractivity contribution in [1.29, 1.82) is 0 Å². The van der Waals surface area contributed by atoms with Crippen molar-refractivity contribution in [1.82, 2.24) is 19.1 Å². The SMILES string of the molecule is CCc1ccc(-c2cn(CC)c3nc(=O)n(C)c(=O)c-3n2)cc1. The molecule has 0 aliphatic carbocycles. The fraction of sp³-hybridized carbons (Fsp3) is 0.294. The summed E-state index contributed by atoms with van der Waals surface area (Å²) in [4.78, 5) is 32.5. The molecule has 0 spiro atoms. The summed E-state index contributed by atoms with van der Waals surface area (Å²) >= 11 is 0. The fourth-order valence-corrected chi connectivity index (χ4v) is 2.51. The zero-order valence-corrected chi connectivity index (χ0v) is 13.4. The highest BCUT2D eigenvalue weighted by atomic mass is 16.2. The van der Waals surface area contributed by atoms with E-state index in [1.165, 1.54) is 12.6 Å². The van der Waals surface area contributed by atoms with E-state index >= 15 is 0 Å². The Bertz CT molecular complexity index is 938. The summed E-state index contributed by atoms with van der Waals surface area (Å²) in [5, 5.41) is 0. The molecule has 1 aromatic carbocycles. The second-order valence-electron chi connectivity index (χ2n) is 5.39. The molecule has 3 rings (SSSR count). The Morgan fingerprint density at radius 2 is 1.74 bits per heavy atom. The maximum Gasteiger partial charge on any atom is 0.352 e. The fourth-order valence-electron chi connectivity index (χ4n) is 2.51. The van der Waals surface area contributed by atoms with E-state index in [2.05, 4.69) is 29.0 Å². The van der Waals surface area contributed by atoms with E-state index in [1.807, 2.05) is 25.3 Å². The quantitative estimate of drug-likeness (QED) is 0.738. The van der Waals surface area contributed by atoms with E-state index in [9.17, 15) is 9.59 Å². The number of fused-ring (bicyclic) bond motifs is 1.